The van der Waals surface area contributed by atoms with Crippen LogP contribution in [0.2, 0.25) is 0 Å². The molecule has 2 rings (SSSR count). The van der Waals surface area contributed by atoms with Gasteiger partial charge in [0.1, 0.15) is 12.4 Å². The van der Waals surface area contributed by atoms with E-state index in [1.807, 2.05) is 42.7 Å². The number of hydrogen-bond donors (Lipinski definition) is 2. The van der Waals surface area contributed by atoms with Gasteiger partial charge in [0.25, 0.3) is 0 Å². The van der Waals surface area contributed by atoms with Gasteiger partial charge in [-0.3, -0.25) is 0 Å². The van der Waals surface area contributed by atoms with Gasteiger partial charge in [-0.1, -0.05) is 37.3 Å². The molecule has 2 aromatic rings. The Morgan fingerprint density at radius 2 is 1.86 bits per heavy atom. The van der Waals surface area contributed by atoms with Gasteiger partial charge in [0, 0.05) is 24.0 Å². The van der Waals surface area contributed by atoms with Crippen molar-refractivity contribution in [2.24, 2.45) is 10.7 Å². The Labute approximate surface area is 125 Å². The highest BCUT2D eigenvalue weighted by atomic mass is 15.1. The number of aliphatic imine (C=N–C) groups is 1. The summed E-state index contributed by atoms with van der Waals surface area (Å²) in [6.07, 6.45) is 4.62. The second kappa shape index (κ2) is 7.38. The molecule has 3 N–H and O–H groups in total. The maximum atomic E-state index is 5.80. The van der Waals surface area contributed by atoms with Crippen LogP contribution in [0.4, 0.5) is 0 Å². The van der Waals surface area contributed by atoms with Gasteiger partial charge in [-0.25, -0.2) is 15.0 Å². The molecule has 0 bridgehead atoms. The fourth-order valence-electron chi connectivity index (χ4n) is 1.77. The molecule has 0 aliphatic heterocycles. The molecular formula is C16H21N5. The van der Waals surface area contributed by atoms with E-state index >= 15 is 0 Å². The van der Waals surface area contributed by atoms with E-state index in [9.17, 15) is 0 Å². The first-order chi connectivity index (χ1) is 10.2. The molecule has 0 saturated carbocycles. The predicted molar refractivity (Wildman–Crippen MR) is 85.7 cm³/mol. The zero-order valence-corrected chi connectivity index (χ0v) is 12.5. The minimum absolute atomic E-state index is 0.315. The Kier molecular flexibility index (Phi) is 5.26. The molecule has 110 valence electrons. The quantitative estimate of drug-likeness (QED) is 0.652. The average molecular weight is 283 g/mol. The van der Waals surface area contributed by atoms with Crippen LogP contribution in [0.15, 0.2) is 47.7 Å². The van der Waals surface area contributed by atoms with Crippen molar-refractivity contribution >= 4 is 5.96 Å². The summed E-state index contributed by atoms with van der Waals surface area (Å²) in [6, 6.07) is 10.4. The van der Waals surface area contributed by atoms with Crippen LogP contribution in [0.5, 0.6) is 0 Å². The topological polar surface area (TPSA) is 76.2 Å². The standard InChI is InChI=1S/C16H21N5/c1-3-12(2)21-16(17)20-11-15-18-9-14(10-19-15)13-7-5-4-6-8-13/h4-10,12H,3,11H2,1-2H3,(H3,17,20,21). The summed E-state index contributed by atoms with van der Waals surface area (Å²) in [5.41, 5.74) is 7.90. The van der Waals surface area contributed by atoms with Crippen molar-refractivity contribution in [3.8, 4) is 11.1 Å². The maximum Gasteiger partial charge on any atom is 0.189 e. The smallest absolute Gasteiger partial charge is 0.189 e. The Hall–Kier alpha value is -2.43. The van der Waals surface area contributed by atoms with E-state index in [1.54, 1.807) is 0 Å². The average Bonchev–Trinajstić information content (AvgIpc) is 2.54. The third kappa shape index (κ3) is 4.56. The first kappa shape index (κ1) is 15.0. The van der Waals surface area contributed by atoms with Crippen molar-refractivity contribution < 1.29 is 0 Å². The molecule has 5 nitrogen and oxygen atoms in total. The van der Waals surface area contributed by atoms with Gasteiger partial charge >= 0.3 is 0 Å². The highest BCUT2D eigenvalue weighted by Gasteiger charge is 2.01. The number of aromatic nitrogens is 2. The minimum Gasteiger partial charge on any atom is -0.370 e. The van der Waals surface area contributed by atoms with Crippen molar-refractivity contribution in [1.82, 2.24) is 15.3 Å². The summed E-state index contributed by atoms with van der Waals surface area (Å²) >= 11 is 0. The largest absolute Gasteiger partial charge is 0.370 e. The molecule has 0 fully saturated rings. The van der Waals surface area contributed by atoms with Crippen LogP contribution in [0, 0.1) is 0 Å². The molecule has 0 aliphatic rings. The summed E-state index contributed by atoms with van der Waals surface area (Å²) < 4.78 is 0. The first-order valence-corrected chi connectivity index (χ1v) is 7.12. The van der Waals surface area contributed by atoms with Crippen molar-refractivity contribution in [2.45, 2.75) is 32.9 Å². The second-order valence-corrected chi connectivity index (χ2v) is 4.91. The highest BCUT2D eigenvalue weighted by Crippen LogP contribution is 2.16. The summed E-state index contributed by atoms with van der Waals surface area (Å²) in [6.45, 7) is 4.54. The Morgan fingerprint density at radius 3 is 2.48 bits per heavy atom. The van der Waals surface area contributed by atoms with E-state index in [-0.39, 0.29) is 0 Å². The Balaban J connectivity index is 1.98. The lowest BCUT2D eigenvalue weighted by molar-refractivity contribution is 0.636. The summed E-state index contributed by atoms with van der Waals surface area (Å²) in [5, 5.41) is 3.11. The van der Waals surface area contributed by atoms with E-state index in [4.69, 9.17) is 5.73 Å². The molecular weight excluding hydrogens is 262 g/mol. The second-order valence-electron chi connectivity index (χ2n) is 4.91. The zero-order valence-electron chi connectivity index (χ0n) is 12.5. The highest BCUT2D eigenvalue weighted by molar-refractivity contribution is 5.78. The number of benzene rings is 1. The molecule has 1 unspecified atom stereocenters. The van der Waals surface area contributed by atoms with Crippen molar-refractivity contribution in [2.75, 3.05) is 0 Å². The van der Waals surface area contributed by atoms with Crippen LogP contribution in [-0.4, -0.2) is 22.0 Å². The summed E-state index contributed by atoms with van der Waals surface area (Å²) in [4.78, 5) is 12.9. The Bertz CT molecular complexity index is 577. The summed E-state index contributed by atoms with van der Waals surface area (Å²) in [5.74, 6) is 1.09. The van der Waals surface area contributed by atoms with Crippen LogP contribution >= 0.6 is 0 Å². The van der Waals surface area contributed by atoms with Crippen LogP contribution in [0.25, 0.3) is 11.1 Å². The van der Waals surface area contributed by atoms with Crippen LogP contribution < -0.4 is 11.1 Å². The third-order valence-electron chi connectivity index (χ3n) is 3.21. The number of nitrogens with one attached hydrogen (secondary N) is 1. The fraction of sp³-hybridized carbons (Fsp3) is 0.312. The van der Waals surface area contributed by atoms with E-state index < -0.39 is 0 Å². The van der Waals surface area contributed by atoms with Gasteiger partial charge in [0.2, 0.25) is 0 Å². The number of rotatable bonds is 5. The van der Waals surface area contributed by atoms with Crippen molar-refractivity contribution in [1.29, 1.82) is 0 Å². The van der Waals surface area contributed by atoms with E-state index in [0.29, 0.717) is 24.4 Å². The van der Waals surface area contributed by atoms with Gasteiger partial charge in [-0.2, -0.15) is 0 Å². The van der Waals surface area contributed by atoms with E-state index in [2.05, 4.69) is 34.1 Å². The van der Waals surface area contributed by atoms with Gasteiger partial charge in [0.05, 0.1) is 0 Å². The third-order valence-corrected chi connectivity index (χ3v) is 3.21. The lowest BCUT2D eigenvalue weighted by Crippen LogP contribution is -2.38. The normalized spacial score (nSPS) is 13.0. The van der Waals surface area contributed by atoms with Crippen molar-refractivity contribution in [3.05, 3.63) is 48.5 Å². The Morgan fingerprint density at radius 1 is 1.19 bits per heavy atom. The molecule has 5 heteroatoms. The van der Waals surface area contributed by atoms with Gasteiger partial charge < -0.3 is 11.1 Å². The van der Waals surface area contributed by atoms with Crippen LogP contribution in [0.3, 0.4) is 0 Å². The minimum atomic E-state index is 0.315. The van der Waals surface area contributed by atoms with Gasteiger partial charge in [-0.05, 0) is 18.9 Å². The summed E-state index contributed by atoms with van der Waals surface area (Å²) in [7, 11) is 0. The van der Waals surface area contributed by atoms with Gasteiger partial charge in [-0.15, -0.1) is 0 Å². The molecule has 1 aromatic heterocycles. The number of nitrogens with two attached hydrogens (primary N) is 1. The SMILES string of the molecule is CCC(C)NC(N)=NCc1ncc(-c2ccccc2)cn1. The zero-order chi connectivity index (χ0) is 15.1. The molecule has 0 radical (unpaired) electrons. The molecule has 0 spiro atoms. The van der Waals surface area contributed by atoms with Gasteiger partial charge in [0.15, 0.2) is 5.96 Å². The molecule has 0 saturated heterocycles. The molecule has 1 aromatic carbocycles. The monoisotopic (exact) mass is 283 g/mol. The maximum absolute atomic E-state index is 5.80. The van der Waals surface area contributed by atoms with E-state index in [1.165, 1.54) is 0 Å². The molecule has 1 atom stereocenters. The van der Waals surface area contributed by atoms with Crippen LogP contribution in [0.1, 0.15) is 26.1 Å². The molecule has 21 heavy (non-hydrogen) atoms. The van der Waals surface area contributed by atoms with E-state index in [0.717, 1.165) is 17.5 Å². The molecule has 0 amide bonds. The number of nitrogens with zero attached hydrogens (tertiary/aromatic N) is 3. The lowest BCUT2D eigenvalue weighted by Gasteiger charge is -2.11. The molecule has 0 aliphatic carbocycles. The number of guanidine groups is 1. The number of hydrogen-bond acceptors (Lipinski definition) is 3. The lowest BCUT2D eigenvalue weighted by atomic mass is 10.1. The van der Waals surface area contributed by atoms with Crippen molar-refractivity contribution in [3.63, 3.8) is 0 Å². The molecule has 1 heterocycles. The first-order valence-electron chi connectivity index (χ1n) is 7.12. The predicted octanol–water partition coefficient (Wildman–Crippen LogP) is 2.35. The fourth-order valence-corrected chi connectivity index (χ4v) is 1.77. The van der Waals surface area contributed by atoms with Crippen LogP contribution in [-0.2, 0) is 6.54 Å².